The summed E-state index contributed by atoms with van der Waals surface area (Å²) in [6.07, 6.45) is 0.265. The highest BCUT2D eigenvalue weighted by molar-refractivity contribution is 7.98. The summed E-state index contributed by atoms with van der Waals surface area (Å²) in [5.74, 6) is 0.174. The van der Waals surface area contributed by atoms with Crippen molar-refractivity contribution in [3.63, 3.8) is 0 Å². The van der Waals surface area contributed by atoms with E-state index in [0.29, 0.717) is 22.8 Å². The van der Waals surface area contributed by atoms with E-state index in [4.69, 9.17) is 13.9 Å². The van der Waals surface area contributed by atoms with Crippen molar-refractivity contribution in [2.24, 2.45) is 5.10 Å². The van der Waals surface area contributed by atoms with Gasteiger partial charge in [0.1, 0.15) is 12.4 Å². The van der Waals surface area contributed by atoms with Gasteiger partial charge in [-0.1, -0.05) is 11.8 Å². The highest BCUT2D eigenvalue weighted by atomic mass is 32.2. The second-order valence-corrected chi connectivity index (χ2v) is 6.63. The molecule has 0 unspecified atom stereocenters. The van der Waals surface area contributed by atoms with E-state index in [-0.39, 0.29) is 17.5 Å². The molecular weight excluding hydrogens is 434 g/mol. The van der Waals surface area contributed by atoms with Crippen LogP contribution in [-0.4, -0.2) is 47.5 Å². The Kier molecular flexibility index (Phi) is 7.23. The van der Waals surface area contributed by atoms with E-state index in [2.05, 4.69) is 20.0 Å². The molecule has 0 atom stereocenters. The van der Waals surface area contributed by atoms with Gasteiger partial charge >= 0.3 is 5.97 Å². The lowest BCUT2D eigenvalue weighted by Crippen LogP contribution is -2.01. The van der Waals surface area contributed by atoms with Crippen molar-refractivity contribution < 1.29 is 32.2 Å². The molecule has 0 fully saturated rings. The Bertz CT molecular complexity index is 1080. The van der Waals surface area contributed by atoms with Crippen molar-refractivity contribution >= 4 is 23.9 Å². The molecule has 0 spiro atoms. The molecule has 31 heavy (non-hydrogen) atoms. The highest BCUT2D eigenvalue weighted by Crippen LogP contribution is 2.29. The predicted molar refractivity (Wildman–Crippen MR) is 107 cm³/mol. The van der Waals surface area contributed by atoms with Gasteiger partial charge in [0, 0.05) is 0 Å². The molecule has 12 heteroatoms. The fourth-order valence-electron chi connectivity index (χ4n) is 2.47. The molecule has 9 nitrogen and oxygen atoms in total. The number of alkyl halides is 2. The van der Waals surface area contributed by atoms with Gasteiger partial charge in [-0.25, -0.2) is 13.6 Å². The number of carbonyl (C=O) groups excluding carboxylic acids is 1. The minimum atomic E-state index is -2.81. The summed E-state index contributed by atoms with van der Waals surface area (Å²) < 4.78 is 48.1. The molecule has 0 saturated heterocycles. The zero-order valence-corrected chi connectivity index (χ0v) is 17.6. The number of benzene rings is 1. The smallest absolute Gasteiger partial charge is 0.373 e. The van der Waals surface area contributed by atoms with Crippen molar-refractivity contribution in [2.75, 3.05) is 20.5 Å². The minimum Gasteiger partial charge on any atom is -0.493 e. The number of carbonyl (C=O) groups is 1. The zero-order valence-electron chi connectivity index (χ0n) is 16.7. The molecule has 2 heterocycles. The number of rotatable bonds is 9. The van der Waals surface area contributed by atoms with Crippen molar-refractivity contribution in [3.8, 4) is 11.5 Å². The Labute approximate surface area is 180 Å². The van der Waals surface area contributed by atoms with Crippen molar-refractivity contribution in [3.05, 3.63) is 53.2 Å². The van der Waals surface area contributed by atoms with Crippen LogP contribution in [0.15, 0.2) is 45.0 Å². The van der Waals surface area contributed by atoms with Crippen LogP contribution in [0.1, 0.15) is 34.1 Å². The molecule has 1 aromatic carbocycles. The summed E-state index contributed by atoms with van der Waals surface area (Å²) in [6.45, 7) is 0.0519. The van der Waals surface area contributed by atoms with Gasteiger partial charge in [-0.05, 0) is 42.2 Å². The molecule has 0 amide bonds. The molecule has 0 radical (unpaired) electrons. The average Bonchev–Trinajstić information content (AvgIpc) is 3.42. The number of hydrogen-bond acceptors (Lipinski definition) is 9. The highest BCUT2D eigenvalue weighted by Gasteiger charge is 2.19. The third kappa shape index (κ3) is 5.20. The normalized spacial score (nSPS) is 11.3. The Balaban J connectivity index is 1.74. The second kappa shape index (κ2) is 10.1. The van der Waals surface area contributed by atoms with Gasteiger partial charge in [-0.3, -0.25) is 0 Å². The SMILES string of the molecule is COC(=O)c1ccc(COc2ccc(/C=N/n3c(SC)nnc3C(F)F)cc2OC)o1. The molecular formula is C19H18F2N4O5S. The lowest BCUT2D eigenvalue weighted by Gasteiger charge is -2.10. The summed E-state index contributed by atoms with van der Waals surface area (Å²) in [5, 5.41) is 11.5. The van der Waals surface area contributed by atoms with E-state index in [1.165, 1.54) is 26.5 Å². The van der Waals surface area contributed by atoms with Crippen LogP contribution in [0.4, 0.5) is 8.78 Å². The summed E-state index contributed by atoms with van der Waals surface area (Å²) in [4.78, 5) is 11.4. The lowest BCUT2D eigenvalue weighted by molar-refractivity contribution is 0.0561. The first-order chi connectivity index (χ1) is 15.0. The van der Waals surface area contributed by atoms with Crippen LogP contribution >= 0.6 is 11.8 Å². The van der Waals surface area contributed by atoms with Crippen LogP contribution in [0.2, 0.25) is 0 Å². The van der Waals surface area contributed by atoms with Crippen LogP contribution < -0.4 is 9.47 Å². The number of methoxy groups -OCH3 is 2. The van der Waals surface area contributed by atoms with Gasteiger partial charge in [-0.15, -0.1) is 10.2 Å². The first kappa shape index (κ1) is 22.3. The number of ether oxygens (including phenoxy) is 3. The Morgan fingerprint density at radius 2 is 2.06 bits per heavy atom. The van der Waals surface area contributed by atoms with E-state index < -0.39 is 18.2 Å². The Morgan fingerprint density at radius 1 is 1.26 bits per heavy atom. The first-order valence-electron chi connectivity index (χ1n) is 8.76. The maximum atomic E-state index is 13.1. The molecule has 3 aromatic rings. The number of nitrogens with zero attached hydrogens (tertiary/aromatic N) is 4. The van der Waals surface area contributed by atoms with Crippen LogP contribution in [0, 0.1) is 0 Å². The van der Waals surface area contributed by atoms with Crippen molar-refractivity contribution in [2.45, 2.75) is 18.2 Å². The van der Waals surface area contributed by atoms with E-state index in [1.807, 2.05) is 0 Å². The van der Waals surface area contributed by atoms with Crippen molar-refractivity contribution in [1.82, 2.24) is 14.9 Å². The van der Waals surface area contributed by atoms with E-state index in [1.54, 1.807) is 30.5 Å². The van der Waals surface area contributed by atoms with E-state index >= 15 is 0 Å². The van der Waals surface area contributed by atoms with Gasteiger partial charge in [0.05, 0.1) is 20.4 Å². The van der Waals surface area contributed by atoms with Gasteiger partial charge in [0.2, 0.25) is 16.7 Å². The minimum absolute atomic E-state index is 0.0519. The topological polar surface area (TPSA) is 101 Å². The molecule has 2 aromatic heterocycles. The van der Waals surface area contributed by atoms with Gasteiger partial charge < -0.3 is 18.6 Å². The maximum absolute atomic E-state index is 13.1. The Hall–Kier alpha value is -3.41. The number of halogens is 2. The molecule has 0 aliphatic heterocycles. The number of aromatic nitrogens is 3. The molecule has 164 valence electrons. The van der Waals surface area contributed by atoms with Crippen LogP contribution in [-0.2, 0) is 11.3 Å². The monoisotopic (exact) mass is 452 g/mol. The van der Waals surface area contributed by atoms with E-state index in [9.17, 15) is 13.6 Å². The van der Waals surface area contributed by atoms with Gasteiger partial charge in [0.15, 0.2) is 11.5 Å². The number of esters is 1. The molecule has 0 saturated carbocycles. The third-order valence-electron chi connectivity index (χ3n) is 3.94. The summed E-state index contributed by atoms with van der Waals surface area (Å²) >= 11 is 1.15. The van der Waals surface area contributed by atoms with Crippen molar-refractivity contribution in [1.29, 1.82) is 0 Å². The second-order valence-electron chi connectivity index (χ2n) is 5.86. The van der Waals surface area contributed by atoms with Crippen LogP contribution in [0.25, 0.3) is 0 Å². The fourth-order valence-corrected chi connectivity index (χ4v) is 2.91. The maximum Gasteiger partial charge on any atom is 0.373 e. The molecule has 0 aliphatic rings. The quantitative estimate of drug-likeness (QED) is 0.275. The number of furan rings is 1. The van der Waals surface area contributed by atoms with E-state index in [0.717, 1.165) is 16.4 Å². The van der Waals surface area contributed by atoms with Crippen LogP contribution in [0.5, 0.6) is 11.5 Å². The lowest BCUT2D eigenvalue weighted by atomic mass is 10.2. The first-order valence-corrected chi connectivity index (χ1v) is 9.99. The number of hydrogen-bond donors (Lipinski definition) is 0. The third-order valence-corrected chi connectivity index (χ3v) is 4.56. The fraction of sp³-hybridized carbons (Fsp3) is 0.263. The molecule has 0 N–H and O–H groups in total. The zero-order chi connectivity index (χ0) is 22.4. The summed E-state index contributed by atoms with van der Waals surface area (Å²) in [5.41, 5.74) is 0.580. The standard InChI is InChI=1S/C19H18F2N4O5S/c1-27-15-8-11(9-22-25-17(16(20)21)23-24-19(25)31-3)4-6-13(15)29-10-12-5-7-14(30-12)18(26)28-2/h4-9,16H,10H2,1-3H3/b22-9+. The average molecular weight is 452 g/mol. The largest absolute Gasteiger partial charge is 0.493 e. The Morgan fingerprint density at radius 3 is 2.74 bits per heavy atom. The molecule has 0 aliphatic carbocycles. The predicted octanol–water partition coefficient (Wildman–Crippen LogP) is 3.79. The molecule has 3 rings (SSSR count). The molecule has 0 bridgehead atoms. The summed E-state index contributed by atoms with van der Waals surface area (Å²) in [6, 6.07) is 8.03. The van der Waals surface area contributed by atoms with Gasteiger partial charge in [0.25, 0.3) is 6.43 Å². The van der Waals surface area contributed by atoms with Crippen LogP contribution in [0.3, 0.4) is 0 Å². The number of thioether (sulfide) groups is 1. The van der Waals surface area contributed by atoms with Gasteiger partial charge in [-0.2, -0.15) is 9.78 Å². The summed E-state index contributed by atoms with van der Waals surface area (Å²) in [7, 11) is 2.72.